The summed E-state index contributed by atoms with van der Waals surface area (Å²) in [5, 5.41) is 3.00. The molecule has 0 radical (unpaired) electrons. The van der Waals surface area contributed by atoms with Crippen LogP contribution in [0.25, 0.3) is 0 Å². The molecule has 0 aromatic carbocycles. The van der Waals surface area contributed by atoms with Crippen LogP contribution in [-0.2, 0) is 16.0 Å². The molecule has 18 heavy (non-hydrogen) atoms. The van der Waals surface area contributed by atoms with Crippen LogP contribution < -0.4 is 5.32 Å². The zero-order valence-electron chi connectivity index (χ0n) is 9.42. The normalized spacial score (nSPS) is 22.2. The fourth-order valence-electron chi connectivity index (χ4n) is 1.72. The highest BCUT2D eigenvalue weighted by Crippen LogP contribution is 2.30. The maximum absolute atomic E-state index is 12.8. The van der Waals surface area contributed by atoms with Gasteiger partial charge in [-0.15, -0.1) is 11.3 Å². The second kappa shape index (κ2) is 5.50. The smallest absolute Gasteiger partial charge is 0.377 e. The molecule has 1 aromatic heterocycles. The molecule has 1 aromatic rings. The van der Waals surface area contributed by atoms with Gasteiger partial charge in [0, 0.05) is 18.0 Å². The zero-order valence-corrected chi connectivity index (χ0v) is 11.0. The molecule has 1 aliphatic rings. The van der Waals surface area contributed by atoms with Gasteiger partial charge in [0.1, 0.15) is 6.10 Å². The number of halogens is 3. The van der Waals surface area contributed by atoms with E-state index in [0.717, 1.165) is 15.6 Å². The van der Waals surface area contributed by atoms with Gasteiger partial charge in [-0.2, -0.15) is 8.78 Å². The molecule has 0 saturated carbocycles. The van der Waals surface area contributed by atoms with Crippen molar-refractivity contribution in [3.05, 3.63) is 21.3 Å². The lowest BCUT2D eigenvalue weighted by Gasteiger charge is -2.09. The standard InChI is InChI=1S/C11H12ClF2NO2S/c12-9-2-1-8(18-9)3-4-15-6-7-5-11(13,14)10(16)17-7/h1-2,7,15H,3-6H2. The number of ether oxygens (including phenoxy) is 1. The molecule has 1 saturated heterocycles. The van der Waals surface area contributed by atoms with Crippen molar-refractivity contribution in [3.8, 4) is 0 Å². The van der Waals surface area contributed by atoms with Crippen LogP contribution in [-0.4, -0.2) is 31.1 Å². The minimum absolute atomic E-state index is 0.250. The fraction of sp³-hybridized carbons (Fsp3) is 0.545. The van der Waals surface area contributed by atoms with E-state index in [1.807, 2.05) is 12.1 Å². The summed E-state index contributed by atoms with van der Waals surface area (Å²) in [5.74, 6) is -4.74. The first kappa shape index (κ1) is 13.7. The molecule has 1 fully saturated rings. The Kier molecular flexibility index (Phi) is 4.19. The minimum Gasteiger partial charge on any atom is -0.456 e. The Morgan fingerprint density at radius 3 is 2.89 bits per heavy atom. The Balaban J connectivity index is 1.66. The average Bonchev–Trinajstić information content (AvgIpc) is 2.79. The van der Waals surface area contributed by atoms with Gasteiger partial charge in [-0.05, 0) is 18.6 Å². The van der Waals surface area contributed by atoms with Gasteiger partial charge >= 0.3 is 11.9 Å². The Morgan fingerprint density at radius 2 is 2.33 bits per heavy atom. The van der Waals surface area contributed by atoms with Crippen LogP contribution in [0.4, 0.5) is 8.78 Å². The van der Waals surface area contributed by atoms with Gasteiger partial charge in [-0.25, -0.2) is 4.79 Å². The van der Waals surface area contributed by atoms with E-state index in [2.05, 4.69) is 10.1 Å². The zero-order chi connectivity index (χ0) is 13.2. The van der Waals surface area contributed by atoms with Crippen molar-refractivity contribution < 1.29 is 18.3 Å². The highest BCUT2D eigenvalue weighted by molar-refractivity contribution is 7.16. The number of carbonyl (C=O) groups excluding carboxylic acids is 1. The third-order valence-corrected chi connectivity index (χ3v) is 3.90. The first-order chi connectivity index (χ1) is 8.47. The van der Waals surface area contributed by atoms with Gasteiger partial charge < -0.3 is 10.1 Å². The third kappa shape index (κ3) is 3.40. The second-order valence-electron chi connectivity index (χ2n) is 4.10. The van der Waals surface area contributed by atoms with Gasteiger partial charge in [0.2, 0.25) is 0 Å². The van der Waals surface area contributed by atoms with Crippen LogP contribution in [0, 0.1) is 0 Å². The topological polar surface area (TPSA) is 38.3 Å². The molecule has 0 spiro atoms. The second-order valence-corrected chi connectivity index (χ2v) is 5.90. The summed E-state index contributed by atoms with van der Waals surface area (Å²) in [6.07, 6.45) is -0.502. The molecule has 2 heterocycles. The SMILES string of the molecule is O=C1OC(CNCCc2ccc(Cl)s2)CC1(F)F. The Hall–Kier alpha value is -0.720. The van der Waals surface area contributed by atoms with Crippen LogP contribution in [0.5, 0.6) is 0 Å². The predicted molar refractivity (Wildman–Crippen MR) is 65.3 cm³/mol. The quantitative estimate of drug-likeness (QED) is 0.670. The van der Waals surface area contributed by atoms with Crippen LogP contribution in [0.1, 0.15) is 11.3 Å². The maximum Gasteiger partial charge on any atom is 0.377 e. The highest BCUT2D eigenvalue weighted by Gasteiger charge is 2.50. The highest BCUT2D eigenvalue weighted by atomic mass is 35.5. The van der Waals surface area contributed by atoms with E-state index in [0.29, 0.717) is 6.54 Å². The van der Waals surface area contributed by atoms with E-state index in [-0.39, 0.29) is 6.54 Å². The third-order valence-electron chi connectivity index (χ3n) is 2.61. The number of hydrogen-bond donors (Lipinski definition) is 1. The van der Waals surface area contributed by atoms with E-state index in [4.69, 9.17) is 11.6 Å². The number of nitrogens with one attached hydrogen (secondary N) is 1. The van der Waals surface area contributed by atoms with Crippen molar-refractivity contribution in [3.63, 3.8) is 0 Å². The lowest BCUT2D eigenvalue weighted by molar-refractivity contribution is -0.158. The molecular weight excluding hydrogens is 284 g/mol. The molecule has 1 unspecified atom stereocenters. The van der Waals surface area contributed by atoms with Crippen molar-refractivity contribution in [2.45, 2.75) is 24.9 Å². The van der Waals surface area contributed by atoms with E-state index in [1.54, 1.807) is 0 Å². The molecule has 1 atom stereocenters. The minimum atomic E-state index is -3.33. The summed E-state index contributed by atoms with van der Waals surface area (Å²) in [4.78, 5) is 11.9. The summed E-state index contributed by atoms with van der Waals surface area (Å²) >= 11 is 7.27. The van der Waals surface area contributed by atoms with Gasteiger partial charge in [0.15, 0.2) is 0 Å². The molecule has 0 bridgehead atoms. The molecule has 0 amide bonds. The lowest BCUT2D eigenvalue weighted by atomic mass is 10.2. The van der Waals surface area contributed by atoms with Crippen molar-refractivity contribution >= 4 is 28.9 Å². The Morgan fingerprint density at radius 1 is 1.56 bits per heavy atom. The number of alkyl halides is 2. The summed E-state index contributed by atoms with van der Waals surface area (Å²) < 4.78 is 31.0. The fourth-order valence-corrected chi connectivity index (χ4v) is 2.81. The number of carbonyl (C=O) groups is 1. The van der Waals surface area contributed by atoms with Crippen molar-refractivity contribution in [2.75, 3.05) is 13.1 Å². The molecule has 1 N–H and O–H groups in total. The number of hydrogen-bond acceptors (Lipinski definition) is 4. The summed E-state index contributed by atoms with van der Waals surface area (Å²) in [5.41, 5.74) is 0. The number of rotatable bonds is 5. The number of cyclic esters (lactones) is 1. The number of esters is 1. The summed E-state index contributed by atoms with van der Waals surface area (Å²) in [6, 6.07) is 3.75. The Bertz CT molecular complexity index is 438. The van der Waals surface area contributed by atoms with Gasteiger partial charge in [-0.1, -0.05) is 11.6 Å². The van der Waals surface area contributed by atoms with Gasteiger partial charge in [0.25, 0.3) is 0 Å². The van der Waals surface area contributed by atoms with Crippen molar-refractivity contribution in [2.24, 2.45) is 0 Å². The van der Waals surface area contributed by atoms with Crippen LogP contribution in [0.15, 0.2) is 12.1 Å². The van der Waals surface area contributed by atoms with Gasteiger partial charge in [0.05, 0.1) is 10.8 Å². The Labute approximate surface area is 112 Å². The van der Waals surface area contributed by atoms with Gasteiger partial charge in [-0.3, -0.25) is 0 Å². The monoisotopic (exact) mass is 295 g/mol. The van der Waals surface area contributed by atoms with Crippen LogP contribution in [0.2, 0.25) is 4.34 Å². The summed E-state index contributed by atoms with van der Waals surface area (Å²) in [7, 11) is 0. The van der Waals surface area contributed by atoms with Crippen LogP contribution in [0.3, 0.4) is 0 Å². The average molecular weight is 296 g/mol. The van der Waals surface area contributed by atoms with Crippen molar-refractivity contribution in [1.29, 1.82) is 0 Å². The van der Waals surface area contributed by atoms with E-state index in [9.17, 15) is 13.6 Å². The van der Waals surface area contributed by atoms with Crippen LogP contribution >= 0.6 is 22.9 Å². The molecule has 100 valence electrons. The predicted octanol–water partition coefficient (Wildman–Crippen LogP) is 2.48. The molecule has 7 heteroatoms. The number of thiophene rings is 1. The lowest BCUT2D eigenvalue weighted by Crippen LogP contribution is -2.28. The summed E-state index contributed by atoms with van der Waals surface area (Å²) in [6.45, 7) is 0.886. The first-order valence-electron chi connectivity index (χ1n) is 5.51. The molecule has 1 aliphatic heterocycles. The largest absolute Gasteiger partial charge is 0.456 e. The van der Waals surface area contributed by atoms with Crippen molar-refractivity contribution in [1.82, 2.24) is 5.32 Å². The molecule has 0 aliphatic carbocycles. The molecular formula is C11H12ClF2NO2S. The van der Waals surface area contributed by atoms with E-state index < -0.39 is 24.4 Å². The molecule has 3 nitrogen and oxygen atoms in total. The maximum atomic E-state index is 12.8. The van der Waals surface area contributed by atoms with E-state index in [1.165, 1.54) is 11.3 Å². The van der Waals surface area contributed by atoms with E-state index >= 15 is 0 Å². The molecule has 2 rings (SSSR count). The first-order valence-corrected chi connectivity index (χ1v) is 6.71.